The van der Waals surface area contributed by atoms with Gasteiger partial charge in [-0.25, -0.2) is 4.79 Å². The van der Waals surface area contributed by atoms with Crippen molar-refractivity contribution in [2.75, 3.05) is 62.5 Å². The Morgan fingerprint density at radius 2 is 1.74 bits per heavy atom. The molecule has 2 heterocycles. The molecule has 0 aromatic heterocycles. The average Bonchev–Trinajstić information content (AvgIpc) is 2.94. The van der Waals surface area contributed by atoms with E-state index in [4.69, 9.17) is 37.4 Å². The van der Waals surface area contributed by atoms with Crippen LogP contribution in [0.1, 0.15) is 44.6 Å². The van der Waals surface area contributed by atoms with Crippen molar-refractivity contribution < 1.29 is 23.8 Å². The van der Waals surface area contributed by atoms with Gasteiger partial charge in [0.25, 0.3) is 0 Å². The number of carbonyl (C=O) groups excluding carboxylic acids is 2. The molecule has 0 aliphatic carbocycles. The van der Waals surface area contributed by atoms with Crippen molar-refractivity contribution >= 4 is 46.6 Å². The van der Waals surface area contributed by atoms with Gasteiger partial charge in [0.1, 0.15) is 5.75 Å². The molecule has 2 aliphatic heterocycles. The summed E-state index contributed by atoms with van der Waals surface area (Å²) in [6.45, 7) is 7.55. The molecule has 10 heteroatoms. The molecule has 8 nitrogen and oxygen atoms in total. The van der Waals surface area contributed by atoms with Gasteiger partial charge in [-0.05, 0) is 56.0 Å². The van der Waals surface area contributed by atoms with Gasteiger partial charge in [-0.1, -0.05) is 48.7 Å². The van der Waals surface area contributed by atoms with Gasteiger partial charge < -0.3 is 19.1 Å². The topological polar surface area (TPSA) is 71.5 Å². The second kappa shape index (κ2) is 14.6. The van der Waals surface area contributed by atoms with Gasteiger partial charge in [-0.3, -0.25) is 14.6 Å². The van der Waals surface area contributed by atoms with Gasteiger partial charge in [0, 0.05) is 38.7 Å². The molecular formula is C29H37Cl2N3O5. The van der Waals surface area contributed by atoms with Gasteiger partial charge in [-0.15, -0.1) is 0 Å². The molecule has 0 N–H and O–H groups in total. The fraction of sp³-hybridized carbons (Fsp3) is 0.517. The molecule has 2 aromatic carbocycles. The highest BCUT2D eigenvalue weighted by Gasteiger charge is 2.26. The van der Waals surface area contributed by atoms with E-state index in [-0.39, 0.29) is 12.6 Å². The molecule has 0 atom stereocenters. The van der Waals surface area contributed by atoms with E-state index in [0.29, 0.717) is 41.9 Å². The van der Waals surface area contributed by atoms with Crippen molar-refractivity contribution in [2.24, 2.45) is 0 Å². The fourth-order valence-electron chi connectivity index (χ4n) is 4.78. The molecule has 0 spiro atoms. The Bertz CT molecular complexity index is 1120. The Morgan fingerprint density at radius 3 is 2.54 bits per heavy atom. The van der Waals surface area contributed by atoms with Crippen LogP contribution in [-0.2, 0) is 20.7 Å². The Kier molecular flexibility index (Phi) is 11.0. The Morgan fingerprint density at radius 1 is 0.923 bits per heavy atom. The van der Waals surface area contributed by atoms with Crippen molar-refractivity contribution in [2.45, 2.75) is 45.4 Å². The van der Waals surface area contributed by atoms with Crippen LogP contribution in [0.25, 0.3) is 0 Å². The number of hydrogen-bond donors (Lipinski definition) is 0. The molecule has 0 saturated carbocycles. The third kappa shape index (κ3) is 8.16. The summed E-state index contributed by atoms with van der Waals surface area (Å²) in [7, 11) is 0. The number of nitrogens with zero attached hydrogens (tertiary/aromatic N) is 3. The quantitative estimate of drug-likeness (QED) is 0.221. The largest absolute Gasteiger partial charge is 0.510 e. The predicted molar refractivity (Wildman–Crippen MR) is 154 cm³/mol. The van der Waals surface area contributed by atoms with Crippen molar-refractivity contribution in [3.05, 3.63) is 52.0 Å². The number of fused-ring (bicyclic) bond motifs is 1. The standard InChI is InChI=1S/C29H37Cl2N3O5/c1-2-3-18-38-29(36)39-21-34-26-20-23(11-9-22(26)10-12-27(34)35)37-19-5-4-13-32-14-16-33(17-15-32)25-8-6-7-24(30)28(25)31/h6-9,11,20H,2-5,10,12-19,21H2,1H3. The smallest absolute Gasteiger partial charge is 0.494 e. The van der Waals surface area contributed by atoms with Crippen LogP contribution in [0.3, 0.4) is 0 Å². The number of unbranched alkanes of at least 4 members (excludes halogenated alkanes) is 2. The van der Waals surface area contributed by atoms with Crippen LogP contribution >= 0.6 is 23.2 Å². The highest BCUT2D eigenvalue weighted by atomic mass is 35.5. The Labute approximate surface area is 240 Å². The summed E-state index contributed by atoms with van der Waals surface area (Å²) < 4.78 is 16.2. The molecule has 4 rings (SSSR count). The third-order valence-electron chi connectivity index (χ3n) is 7.07. The Balaban J connectivity index is 1.19. The lowest BCUT2D eigenvalue weighted by atomic mass is 10.0. The summed E-state index contributed by atoms with van der Waals surface area (Å²) >= 11 is 12.6. The predicted octanol–water partition coefficient (Wildman–Crippen LogP) is 6.16. The van der Waals surface area contributed by atoms with E-state index >= 15 is 0 Å². The van der Waals surface area contributed by atoms with E-state index in [2.05, 4.69) is 9.80 Å². The monoisotopic (exact) mass is 577 g/mol. The molecule has 39 heavy (non-hydrogen) atoms. The fourth-order valence-corrected chi connectivity index (χ4v) is 5.20. The number of aryl methyl sites for hydroxylation is 1. The Hall–Kier alpha value is -2.68. The number of rotatable bonds is 12. The van der Waals surface area contributed by atoms with Crippen LogP contribution < -0.4 is 14.5 Å². The van der Waals surface area contributed by atoms with E-state index in [1.54, 1.807) is 0 Å². The first-order chi connectivity index (χ1) is 19.0. The average molecular weight is 579 g/mol. The van der Waals surface area contributed by atoms with Gasteiger partial charge in [-0.2, -0.15) is 0 Å². The minimum absolute atomic E-state index is 0.0845. The first-order valence-corrected chi connectivity index (χ1v) is 14.5. The molecule has 1 fully saturated rings. The molecule has 2 aromatic rings. The summed E-state index contributed by atoms with van der Waals surface area (Å²) in [5.41, 5.74) is 2.76. The molecule has 0 bridgehead atoms. The van der Waals surface area contributed by atoms with Crippen LogP contribution in [0.4, 0.5) is 16.2 Å². The normalized spacial score (nSPS) is 15.7. The summed E-state index contributed by atoms with van der Waals surface area (Å²) in [5, 5.41) is 1.21. The van der Waals surface area contributed by atoms with Crippen LogP contribution in [0.5, 0.6) is 5.75 Å². The van der Waals surface area contributed by atoms with E-state index in [0.717, 1.165) is 75.3 Å². The number of hydrogen-bond acceptors (Lipinski definition) is 7. The number of anilines is 2. The number of halogens is 2. The summed E-state index contributed by atoms with van der Waals surface area (Å²) in [6.07, 6.45) is 3.92. The first kappa shape index (κ1) is 29.3. The zero-order valence-corrected chi connectivity index (χ0v) is 24.0. The van der Waals surface area contributed by atoms with Crippen LogP contribution in [0, 0.1) is 0 Å². The van der Waals surface area contributed by atoms with Crippen molar-refractivity contribution in [3.8, 4) is 5.75 Å². The third-order valence-corrected chi connectivity index (χ3v) is 7.88. The van der Waals surface area contributed by atoms with E-state index in [1.807, 2.05) is 43.3 Å². The van der Waals surface area contributed by atoms with Crippen LogP contribution in [0.2, 0.25) is 10.0 Å². The number of carbonyl (C=O) groups is 2. The molecule has 1 amide bonds. The summed E-state index contributed by atoms with van der Waals surface area (Å²) in [5.74, 6) is 0.615. The first-order valence-electron chi connectivity index (χ1n) is 13.7. The highest BCUT2D eigenvalue weighted by molar-refractivity contribution is 6.43. The molecule has 2 aliphatic rings. The second-order valence-corrected chi connectivity index (χ2v) is 10.6. The van der Waals surface area contributed by atoms with Gasteiger partial charge in [0.2, 0.25) is 5.91 Å². The van der Waals surface area contributed by atoms with E-state index < -0.39 is 6.16 Å². The lowest BCUT2D eigenvalue weighted by Crippen LogP contribution is -2.46. The van der Waals surface area contributed by atoms with E-state index in [1.165, 1.54) is 4.90 Å². The molecule has 0 unspecified atom stereocenters. The number of amides is 1. The molecule has 0 radical (unpaired) electrons. The van der Waals surface area contributed by atoms with E-state index in [9.17, 15) is 9.59 Å². The van der Waals surface area contributed by atoms with Gasteiger partial charge >= 0.3 is 6.16 Å². The van der Waals surface area contributed by atoms with Crippen molar-refractivity contribution in [1.29, 1.82) is 0 Å². The molecule has 212 valence electrons. The lowest BCUT2D eigenvalue weighted by molar-refractivity contribution is -0.119. The highest BCUT2D eigenvalue weighted by Crippen LogP contribution is 2.33. The van der Waals surface area contributed by atoms with Crippen molar-refractivity contribution in [1.82, 2.24) is 4.90 Å². The van der Waals surface area contributed by atoms with Crippen LogP contribution in [-0.4, -0.2) is 69.6 Å². The number of ether oxygens (including phenoxy) is 3. The lowest BCUT2D eigenvalue weighted by Gasteiger charge is -2.36. The zero-order valence-electron chi connectivity index (χ0n) is 22.5. The molecule has 1 saturated heterocycles. The summed E-state index contributed by atoms with van der Waals surface area (Å²) in [4.78, 5) is 30.6. The molecular weight excluding hydrogens is 541 g/mol. The SMILES string of the molecule is CCCCOC(=O)OCN1C(=O)CCc2ccc(OCCCCN3CCN(c4cccc(Cl)c4Cl)CC3)cc21. The van der Waals surface area contributed by atoms with Crippen LogP contribution in [0.15, 0.2) is 36.4 Å². The zero-order chi connectivity index (χ0) is 27.6. The number of piperazine rings is 1. The summed E-state index contributed by atoms with van der Waals surface area (Å²) in [6, 6.07) is 11.5. The maximum absolute atomic E-state index is 12.6. The maximum Gasteiger partial charge on any atom is 0.510 e. The van der Waals surface area contributed by atoms with Gasteiger partial charge in [0.05, 0.1) is 34.6 Å². The second-order valence-electron chi connectivity index (χ2n) is 9.79. The number of benzene rings is 2. The minimum atomic E-state index is -0.759. The minimum Gasteiger partial charge on any atom is -0.494 e. The van der Waals surface area contributed by atoms with Crippen molar-refractivity contribution in [3.63, 3.8) is 0 Å². The maximum atomic E-state index is 12.6. The van der Waals surface area contributed by atoms with Gasteiger partial charge in [0.15, 0.2) is 6.73 Å².